The van der Waals surface area contributed by atoms with Crippen molar-refractivity contribution in [3.8, 4) is 0 Å². The summed E-state index contributed by atoms with van der Waals surface area (Å²) >= 11 is 0. The maximum absolute atomic E-state index is 12.6. The summed E-state index contributed by atoms with van der Waals surface area (Å²) < 4.78 is 32.7. The molecule has 0 aliphatic carbocycles. The number of esters is 2. The number of hydrogen-bond acceptors (Lipinski definition) is 8. The Bertz CT molecular complexity index is 1010. The Hall–Kier alpha value is -2.03. The van der Waals surface area contributed by atoms with E-state index in [0.29, 0.717) is 12.8 Å². The van der Waals surface area contributed by atoms with Crippen molar-refractivity contribution in [3.05, 3.63) is 48.6 Å². The lowest BCUT2D eigenvalue weighted by Crippen LogP contribution is -2.29. The maximum Gasteiger partial charge on any atom is 0.472 e. The van der Waals surface area contributed by atoms with Crippen LogP contribution in [0.2, 0.25) is 0 Å². The van der Waals surface area contributed by atoms with E-state index in [9.17, 15) is 19.0 Å². The fourth-order valence-electron chi connectivity index (χ4n) is 5.62. The lowest BCUT2D eigenvalue weighted by Gasteiger charge is -2.19. The van der Waals surface area contributed by atoms with Crippen molar-refractivity contribution in [3.63, 3.8) is 0 Å². The van der Waals surface area contributed by atoms with E-state index in [0.717, 1.165) is 57.8 Å². The van der Waals surface area contributed by atoms with Crippen LogP contribution in [0.1, 0.15) is 181 Å². The molecule has 53 heavy (non-hydrogen) atoms. The number of carbonyl (C=O) groups is 2. The second-order valence-corrected chi connectivity index (χ2v) is 15.3. The third-order valence-corrected chi connectivity index (χ3v) is 9.71. The van der Waals surface area contributed by atoms with Gasteiger partial charge in [0.25, 0.3) is 0 Å². The van der Waals surface area contributed by atoms with Crippen LogP contribution in [0.4, 0.5) is 0 Å². The summed E-state index contributed by atoms with van der Waals surface area (Å²) in [4.78, 5) is 34.8. The zero-order valence-electron chi connectivity index (χ0n) is 33.7. The van der Waals surface area contributed by atoms with Crippen LogP contribution in [-0.4, -0.2) is 49.3 Å². The molecule has 0 aromatic heterocycles. The predicted molar refractivity (Wildman–Crippen MR) is 220 cm³/mol. The molecule has 2 atom stereocenters. The van der Waals surface area contributed by atoms with E-state index in [4.69, 9.17) is 24.3 Å². The highest BCUT2D eigenvalue weighted by molar-refractivity contribution is 7.47. The van der Waals surface area contributed by atoms with E-state index < -0.39 is 32.5 Å². The molecule has 0 aromatic rings. The molecule has 0 rings (SSSR count). The molecule has 0 saturated heterocycles. The number of carbonyl (C=O) groups excluding carboxylic acids is 2. The molecule has 9 nitrogen and oxygen atoms in total. The highest BCUT2D eigenvalue weighted by Crippen LogP contribution is 2.43. The number of allylic oxidation sites excluding steroid dienone is 8. The van der Waals surface area contributed by atoms with Gasteiger partial charge in [-0.05, 0) is 51.4 Å². The Morgan fingerprint density at radius 2 is 1.04 bits per heavy atom. The fraction of sp³-hybridized carbons (Fsp3) is 0.767. The van der Waals surface area contributed by atoms with E-state index in [1.807, 2.05) is 0 Å². The van der Waals surface area contributed by atoms with Gasteiger partial charge in [0.2, 0.25) is 0 Å². The van der Waals surface area contributed by atoms with Gasteiger partial charge in [0.1, 0.15) is 6.61 Å². The molecule has 10 heteroatoms. The number of phosphoric ester groups is 1. The van der Waals surface area contributed by atoms with Crippen LogP contribution in [-0.2, 0) is 32.7 Å². The van der Waals surface area contributed by atoms with Crippen LogP contribution in [0.15, 0.2) is 48.6 Å². The quantitative estimate of drug-likeness (QED) is 0.0271. The van der Waals surface area contributed by atoms with Gasteiger partial charge in [0.15, 0.2) is 6.10 Å². The van der Waals surface area contributed by atoms with Gasteiger partial charge in [-0.2, -0.15) is 0 Å². The summed E-state index contributed by atoms with van der Waals surface area (Å²) in [5, 5.41) is 0. The number of rotatable bonds is 39. The average Bonchev–Trinajstić information content (AvgIpc) is 3.14. The second kappa shape index (κ2) is 39.7. The van der Waals surface area contributed by atoms with E-state index in [2.05, 4.69) is 62.5 Å². The van der Waals surface area contributed by atoms with Gasteiger partial charge in [-0.1, -0.05) is 165 Å². The fourth-order valence-corrected chi connectivity index (χ4v) is 6.39. The predicted octanol–water partition coefficient (Wildman–Crippen LogP) is 11.9. The summed E-state index contributed by atoms with van der Waals surface area (Å²) in [5.41, 5.74) is 5.34. The van der Waals surface area contributed by atoms with Crippen LogP contribution < -0.4 is 5.73 Å². The molecule has 0 spiro atoms. The van der Waals surface area contributed by atoms with Crippen LogP contribution in [0.5, 0.6) is 0 Å². The molecular formula is C43H78NO8P. The lowest BCUT2D eigenvalue weighted by molar-refractivity contribution is -0.161. The Labute approximate surface area is 324 Å². The first kappa shape index (κ1) is 51.0. The third-order valence-electron chi connectivity index (χ3n) is 8.73. The number of hydrogen-bond donors (Lipinski definition) is 2. The van der Waals surface area contributed by atoms with E-state index >= 15 is 0 Å². The molecule has 0 aliphatic rings. The summed E-state index contributed by atoms with van der Waals surface area (Å²) in [7, 11) is -4.38. The Kier molecular flexibility index (Phi) is 38.1. The Morgan fingerprint density at radius 1 is 0.585 bits per heavy atom. The standard InChI is InChI=1S/C43H78NO8P/c1-3-5-7-9-11-13-15-17-19-20-22-24-26-28-30-32-34-36-43(46)52-41(40-51-53(47,48)50-38-37-44)39-49-42(45)35-33-31-29-27-25-23-21-18-16-14-12-10-8-6-4-2/h6,8,12,14,18,21,25,27,41H,3-5,7,9-11,13,15-17,19-20,22-24,26,28-40,44H2,1-2H3,(H,47,48)/b8-6+,14-12+,21-18+,27-25+/t41-/m1/s1. The molecule has 0 saturated carbocycles. The van der Waals surface area contributed by atoms with Crippen LogP contribution >= 0.6 is 7.82 Å². The minimum Gasteiger partial charge on any atom is -0.462 e. The van der Waals surface area contributed by atoms with Gasteiger partial charge in [0.05, 0.1) is 13.2 Å². The van der Waals surface area contributed by atoms with Gasteiger partial charge in [-0.25, -0.2) is 4.57 Å². The first-order valence-corrected chi connectivity index (χ1v) is 22.6. The van der Waals surface area contributed by atoms with Gasteiger partial charge >= 0.3 is 19.8 Å². The van der Waals surface area contributed by atoms with Crippen molar-refractivity contribution in [2.45, 2.75) is 187 Å². The molecular weight excluding hydrogens is 689 g/mol. The minimum absolute atomic E-state index is 0.0472. The SMILES string of the molecule is CC/C=C/C/C=C/C/C=C/C/C=C/CCCCC(=O)OC[C@H](COP(=O)(O)OCCN)OC(=O)CCCCCCCCCCCCCCCCCCC. The van der Waals surface area contributed by atoms with Crippen LogP contribution in [0.3, 0.4) is 0 Å². The van der Waals surface area contributed by atoms with Crippen molar-refractivity contribution < 1.29 is 37.6 Å². The molecule has 1 unspecified atom stereocenters. The first-order valence-electron chi connectivity index (χ1n) is 21.1. The number of ether oxygens (including phenoxy) is 2. The van der Waals surface area contributed by atoms with Gasteiger partial charge in [-0.3, -0.25) is 18.6 Å². The maximum atomic E-state index is 12.6. The van der Waals surface area contributed by atoms with Gasteiger partial charge < -0.3 is 20.1 Å². The van der Waals surface area contributed by atoms with Crippen molar-refractivity contribution in [2.24, 2.45) is 5.73 Å². The topological polar surface area (TPSA) is 134 Å². The first-order chi connectivity index (χ1) is 25.8. The zero-order chi connectivity index (χ0) is 38.9. The van der Waals surface area contributed by atoms with Gasteiger partial charge in [-0.15, -0.1) is 0 Å². The smallest absolute Gasteiger partial charge is 0.462 e. The Balaban J connectivity index is 4.21. The van der Waals surface area contributed by atoms with Crippen molar-refractivity contribution >= 4 is 19.8 Å². The second-order valence-electron chi connectivity index (χ2n) is 13.8. The minimum atomic E-state index is -4.38. The summed E-state index contributed by atoms with van der Waals surface area (Å²) in [6.07, 6.45) is 44.3. The van der Waals surface area contributed by atoms with Crippen molar-refractivity contribution in [2.75, 3.05) is 26.4 Å². The normalized spacial score (nSPS) is 13.8. The molecule has 3 N–H and O–H groups in total. The molecule has 0 fully saturated rings. The number of phosphoric acid groups is 1. The molecule has 0 heterocycles. The number of nitrogens with two attached hydrogens (primary N) is 1. The van der Waals surface area contributed by atoms with E-state index in [1.165, 1.54) is 83.5 Å². The van der Waals surface area contributed by atoms with Crippen molar-refractivity contribution in [1.29, 1.82) is 0 Å². The molecule has 0 aromatic carbocycles. The third kappa shape index (κ3) is 39.5. The Morgan fingerprint density at radius 3 is 1.55 bits per heavy atom. The monoisotopic (exact) mass is 768 g/mol. The van der Waals surface area contributed by atoms with Crippen LogP contribution in [0, 0.1) is 0 Å². The van der Waals surface area contributed by atoms with Gasteiger partial charge in [0, 0.05) is 19.4 Å². The van der Waals surface area contributed by atoms with E-state index in [1.54, 1.807) is 0 Å². The molecule has 0 radical (unpaired) electrons. The molecule has 0 bridgehead atoms. The molecule has 0 aliphatic heterocycles. The largest absolute Gasteiger partial charge is 0.472 e. The van der Waals surface area contributed by atoms with E-state index in [-0.39, 0.29) is 32.6 Å². The lowest BCUT2D eigenvalue weighted by atomic mass is 10.0. The molecule has 308 valence electrons. The van der Waals surface area contributed by atoms with Crippen molar-refractivity contribution in [1.82, 2.24) is 0 Å². The van der Waals surface area contributed by atoms with Crippen LogP contribution in [0.25, 0.3) is 0 Å². The number of unbranched alkanes of at least 4 members (excludes halogenated alkanes) is 18. The average molecular weight is 768 g/mol. The highest BCUT2D eigenvalue weighted by atomic mass is 31.2. The zero-order valence-corrected chi connectivity index (χ0v) is 34.6. The highest BCUT2D eigenvalue weighted by Gasteiger charge is 2.26. The summed E-state index contributed by atoms with van der Waals surface area (Å²) in [6, 6.07) is 0. The molecule has 0 amide bonds. The summed E-state index contributed by atoms with van der Waals surface area (Å²) in [6.45, 7) is 3.57. The summed E-state index contributed by atoms with van der Waals surface area (Å²) in [5.74, 6) is -0.875.